The molecule has 0 saturated heterocycles. The van der Waals surface area contributed by atoms with Crippen molar-refractivity contribution in [1.29, 1.82) is 0 Å². The summed E-state index contributed by atoms with van der Waals surface area (Å²) in [5, 5.41) is 0. The van der Waals surface area contributed by atoms with Crippen LogP contribution in [0.4, 0.5) is 5.82 Å². The van der Waals surface area contributed by atoms with Crippen molar-refractivity contribution in [1.82, 2.24) is 9.55 Å². The highest BCUT2D eigenvalue weighted by Crippen LogP contribution is 2.35. The summed E-state index contributed by atoms with van der Waals surface area (Å²) >= 11 is 0. The summed E-state index contributed by atoms with van der Waals surface area (Å²) in [5.41, 5.74) is 7.95. The van der Waals surface area contributed by atoms with Crippen LogP contribution < -0.4 is 15.2 Å². The van der Waals surface area contributed by atoms with Gasteiger partial charge in [0.2, 0.25) is 0 Å². The Morgan fingerprint density at radius 2 is 2.00 bits per heavy atom. The molecule has 5 nitrogen and oxygen atoms in total. The number of hydrogen-bond donors (Lipinski definition) is 1. The van der Waals surface area contributed by atoms with Crippen molar-refractivity contribution in [3.63, 3.8) is 0 Å². The van der Waals surface area contributed by atoms with Crippen LogP contribution in [-0.4, -0.2) is 22.8 Å². The Hall–Kier alpha value is -2.17. The number of hydrogen-bond acceptors (Lipinski definition) is 4. The van der Waals surface area contributed by atoms with Gasteiger partial charge in [-0.1, -0.05) is 0 Å². The maximum atomic E-state index is 6.18. The van der Waals surface area contributed by atoms with Gasteiger partial charge in [-0.05, 0) is 32.0 Å². The van der Waals surface area contributed by atoms with Crippen LogP contribution in [0.3, 0.4) is 0 Å². The highest BCUT2D eigenvalue weighted by Gasteiger charge is 2.16. The lowest BCUT2D eigenvalue weighted by atomic mass is 10.1. The van der Waals surface area contributed by atoms with Gasteiger partial charge < -0.3 is 19.8 Å². The number of benzene rings is 1. The molecular weight excluding hydrogens is 254 g/mol. The fourth-order valence-electron chi connectivity index (χ4n) is 2.50. The van der Waals surface area contributed by atoms with Gasteiger partial charge in [0.1, 0.15) is 17.3 Å². The predicted octanol–water partition coefficient (Wildman–Crippen LogP) is 2.62. The number of rotatable bonds is 2. The molecule has 0 fully saturated rings. The minimum absolute atomic E-state index is 0.675. The Kier molecular flexibility index (Phi) is 3.26. The van der Waals surface area contributed by atoms with Gasteiger partial charge in [0, 0.05) is 18.5 Å². The number of aryl methyl sites for hydroxylation is 1. The third-order valence-corrected chi connectivity index (χ3v) is 3.53. The molecule has 0 saturated carbocycles. The second kappa shape index (κ2) is 5.07. The third-order valence-electron chi connectivity index (χ3n) is 3.53. The fourth-order valence-corrected chi connectivity index (χ4v) is 2.50. The monoisotopic (exact) mass is 273 g/mol. The summed E-state index contributed by atoms with van der Waals surface area (Å²) in [4.78, 5) is 4.57. The zero-order valence-electron chi connectivity index (χ0n) is 11.8. The molecule has 0 unspecified atom stereocenters. The van der Waals surface area contributed by atoms with Gasteiger partial charge in [-0.15, -0.1) is 0 Å². The summed E-state index contributed by atoms with van der Waals surface area (Å²) < 4.78 is 13.3. The van der Waals surface area contributed by atoms with Gasteiger partial charge in [-0.3, -0.25) is 0 Å². The lowest BCUT2D eigenvalue weighted by molar-refractivity contribution is 0.297. The average Bonchev–Trinajstić information content (AvgIpc) is 2.64. The summed E-state index contributed by atoms with van der Waals surface area (Å²) in [6.45, 7) is 6.21. The van der Waals surface area contributed by atoms with Gasteiger partial charge in [-0.25, -0.2) is 4.98 Å². The number of ether oxygens (including phenoxy) is 2. The highest BCUT2D eigenvalue weighted by molar-refractivity contribution is 5.73. The normalized spacial score (nSPS) is 14.1. The molecule has 1 aliphatic rings. The van der Waals surface area contributed by atoms with Crippen LogP contribution >= 0.6 is 0 Å². The van der Waals surface area contributed by atoms with E-state index < -0.39 is 0 Å². The van der Waals surface area contributed by atoms with E-state index in [2.05, 4.69) is 11.9 Å². The van der Waals surface area contributed by atoms with Crippen molar-refractivity contribution in [2.45, 2.75) is 26.8 Å². The van der Waals surface area contributed by atoms with Crippen LogP contribution in [0.2, 0.25) is 0 Å². The number of nitrogen functional groups attached to an aromatic ring is 1. The number of aromatic nitrogens is 2. The molecule has 106 valence electrons. The van der Waals surface area contributed by atoms with Gasteiger partial charge in [0.25, 0.3) is 0 Å². The quantitative estimate of drug-likeness (QED) is 0.913. The standard InChI is InChI=1S/C15H19N3O2/c1-3-18-10(2)17-14(15(18)16)11-5-6-12-13(9-11)20-8-4-7-19-12/h5-6,9H,3-4,7-8,16H2,1-2H3. The molecule has 1 aliphatic heterocycles. The Balaban J connectivity index is 2.05. The fraction of sp³-hybridized carbons (Fsp3) is 0.400. The molecule has 5 heteroatoms. The molecule has 0 amide bonds. The van der Waals surface area contributed by atoms with Gasteiger partial charge in [0.05, 0.1) is 13.2 Å². The van der Waals surface area contributed by atoms with E-state index in [0.29, 0.717) is 19.0 Å². The van der Waals surface area contributed by atoms with Crippen molar-refractivity contribution in [2.24, 2.45) is 0 Å². The second-order valence-electron chi connectivity index (χ2n) is 4.85. The number of fused-ring (bicyclic) bond motifs is 1. The summed E-state index contributed by atoms with van der Waals surface area (Å²) in [6.07, 6.45) is 0.899. The van der Waals surface area contributed by atoms with Gasteiger partial charge >= 0.3 is 0 Å². The van der Waals surface area contributed by atoms with Crippen LogP contribution in [0.25, 0.3) is 11.3 Å². The van der Waals surface area contributed by atoms with Gasteiger partial charge in [0.15, 0.2) is 11.5 Å². The van der Waals surface area contributed by atoms with Crippen molar-refractivity contribution in [2.75, 3.05) is 18.9 Å². The first-order chi connectivity index (χ1) is 9.70. The van der Waals surface area contributed by atoms with E-state index in [-0.39, 0.29) is 0 Å². The van der Waals surface area contributed by atoms with Crippen molar-refractivity contribution in [3.05, 3.63) is 24.0 Å². The Labute approximate surface area is 118 Å². The van der Waals surface area contributed by atoms with Crippen molar-refractivity contribution < 1.29 is 9.47 Å². The van der Waals surface area contributed by atoms with Crippen molar-refractivity contribution in [3.8, 4) is 22.8 Å². The summed E-state index contributed by atoms with van der Waals surface area (Å²) in [6, 6.07) is 5.86. The molecule has 2 aromatic rings. The van der Waals surface area contributed by atoms with E-state index in [1.54, 1.807) is 0 Å². The van der Waals surface area contributed by atoms with E-state index in [1.165, 1.54) is 0 Å². The van der Waals surface area contributed by atoms with Crippen LogP contribution in [-0.2, 0) is 6.54 Å². The molecule has 0 spiro atoms. The summed E-state index contributed by atoms with van der Waals surface area (Å²) in [5.74, 6) is 3.17. The average molecular weight is 273 g/mol. The molecular formula is C15H19N3O2. The van der Waals surface area contributed by atoms with Crippen LogP contribution in [0, 0.1) is 6.92 Å². The Bertz CT molecular complexity index is 634. The number of imidazole rings is 1. The molecule has 0 bridgehead atoms. The highest BCUT2D eigenvalue weighted by atomic mass is 16.5. The van der Waals surface area contributed by atoms with E-state index in [4.69, 9.17) is 15.2 Å². The minimum atomic E-state index is 0.675. The molecule has 1 aromatic heterocycles. The lowest BCUT2D eigenvalue weighted by Crippen LogP contribution is -2.02. The smallest absolute Gasteiger partial charge is 0.161 e. The maximum Gasteiger partial charge on any atom is 0.161 e. The third kappa shape index (κ3) is 2.09. The Morgan fingerprint density at radius 1 is 1.25 bits per heavy atom. The van der Waals surface area contributed by atoms with E-state index in [0.717, 1.165) is 41.5 Å². The number of nitrogens with two attached hydrogens (primary N) is 1. The zero-order chi connectivity index (χ0) is 14.1. The molecule has 3 rings (SSSR count). The first-order valence-corrected chi connectivity index (χ1v) is 6.93. The molecule has 0 aliphatic carbocycles. The van der Waals surface area contributed by atoms with Crippen LogP contribution in [0.1, 0.15) is 19.2 Å². The SMILES string of the molecule is CCn1c(C)nc(-c2ccc3c(c2)OCCCO3)c1N. The lowest BCUT2D eigenvalue weighted by Gasteiger charge is -2.09. The molecule has 2 N–H and O–H groups in total. The topological polar surface area (TPSA) is 62.3 Å². The zero-order valence-corrected chi connectivity index (χ0v) is 11.8. The van der Waals surface area contributed by atoms with Crippen LogP contribution in [0.15, 0.2) is 18.2 Å². The largest absolute Gasteiger partial charge is 0.490 e. The number of anilines is 1. The van der Waals surface area contributed by atoms with E-state index in [9.17, 15) is 0 Å². The predicted molar refractivity (Wildman–Crippen MR) is 78.1 cm³/mol. The first-order valence-electron chi connectivity index (χ1n) is 6.93. The van der Waals surface area contributed by atoms with E-state index >= 15 is 0 Å². The maximum absolute atomic E-state index is 6.18. The first kappa shape index (κ1) is 12.8. The van der Waals surface area contributed by atoms with Gasteiger partial charge in [-0.2, -0.15) is 0 Å². The molecule has 2 heterocycles. The second-order valence-corrected chi connectivity index (χ2v) is 4.85. The number of nitrogens with zero attached hydrogens (tertiary/aromatic N) is 2. The minimum Gasteiger partial charge on any atom is -0.490 e. The van der Waals surface area contributed by atoms with E-state index in [1.807, 2.05) is 29.7 Å². The van der Waals surface area contributed by atoms with Crippen molar-refractivity contribution >= 4 is 5.82 Å². The summed E-state index contributed by atoms with van der Waals surface area (Å²) in [7, 11) is 0. The molecule has 0 atom stereocenters. The Morgan fingerprint density at radius 3 is 2.70 bits per heavy atom. The molecule has 20 heavy (non-hydrogen) atoms. The molecule has 1 aromatic carbocycles. The molecule has 0 radical (unpaired) electrons. The van der Waals surface area contributed by atoms with Crippen LogP contribution in [0.5, 0.6) is 11.5 Å².